The molecule has 5 rings (SSSR count). The number of hydrogen-bond donors (Lipinski definition) is 4. The predicted molar refractivity (Wildman–Crippen MR) is 176 cm³/mol. The molecule has 246 valence electrons. The van der Waals surface area contributed by atoms with Crippen LogP contribution >= 0.6 is 0 Å². The van der Waals surface area contributed by atoms with Crippen LogP contribution in [0.15, 0.2) is 78.9 Å². The average Bonchev–Trinajstić information content (AvgIpc) is 3.67. The number of carbonyl (C=O) groups is 5. The lowest BCUT2D eigenvalue weighted by Crippen LogP contribution is -2.60. The van der Waals surface area contributed by atoms with E-state index in [4.69, 9.17) is 10.5 Å². The summed E-state index contributed by atoms with van der Waals surface area (Å²) >= 11 is 0. The highest BCUT2D eigenvalue weighted by atomic mass is 16.5. The minimum atomic E-state index is -1.39. The van der Waals surface area contributed by atoms with E-state index in [-0.39, 0.29) is 18.9 Å². The Morgan fingerprint density at radius 3 is 2.11 bits per heavy atom. The molecule has 1 aliphatic heterocycles. The second kappa shape index (κ2) is 14.1. The number of ether oxygens (including phenoxy) is 1. The van der Waals surface area contributed by atoms with E-state index in [2.05, 4.69) is 28.1 Å². The Kier molecular flexibility index (Phi) is 9.93. The van der Waals surface area contributed by atoms with E-state index in [1.807, 2.05) is 66.7 Å². The monoisotopic (exact) mass is 639 g/mol. The van der Waals surface area contributed by atoms with E-state index in [1.54, 1.807) is 13.8 Å². The number of nitrogens with zero attached hydrogens (tertiary/aromatic N) is 1. The predicted octanol–water partition coefficient (Wildman–Crippen LogP) is 3.01. The molecule has 1 heterocycles. The second-order valence-electron chi connectivity index (χ2n) is 12.6. The number of carbonyl (C=O) groups excluding carboxylic acids is 5. The molecule has 0 spiro atoms. The zero-order valence-electron chi connectivity index (χ0n) is 26.8. The fraction of sp³-hybridized carbons (Fsp3) is 0.361. The summed E-state index contributed by atoms with van der Waals surface area (Å²) in [6.07, 6.45) is 0.377. The minimum Gasteiger partial charge on any atom is -0.449 e. The minimum absolute atomic E-state index is 0.0954. The van der Waals surface area contributed by atoms with Crippen LogP contribution in [0.25, 0.3) is 11.1 Å². The Morgan fingerprint density at radius 1 is 0.894 bits per heavy atom. The first kappa shape index (κ1) is 33.2. The summed E-state index contributed by atoms with van der Waals surface area (Å²) < 4.78 is 5.67. The molecule has 0 unspecified atom stereocenters. The third-order valence-electron chi connectivity index (χ3n) is 8.81. The molecule has 1 fully saturated rings. The fourth-order valence-electron chi connectivity index (χ4n) is 6.30. The van der Waals surface area contributed by atoms with Gasteiger partial charge in [-0.25, -0.2) is 4.79 Å². The Balaban J connectivity index is 1.22. The highest BCUT2D eigenvalue weighted by molar-refractivity contribution is 5.96. The Morgan fingerprint density at radius 2 is 1.49 bits per heavy atom. The standard InChI is InChI=1S/C36H41N5O6/c1-22(31(37)42)38-32(43)29(20-23-12-5-4-6-13-23)39-33(44)30-18-11-19-41(30)34(45)36(2,3)40-35(46)47-21-28-26-16-9-7-14-24(26)25-15-8-10-17-27(25)28/h4-10,12-17,22,28-30H,11,18-21H2,1-3H3,(H2,37,42)(H,38,43)(H,39,44)(H,40,46)/t22-,29-,30-/m0/s1. The van der Waals surface area contributed by atoms with Gasteiger partial charge in [-0.3, -0.25) is 19.2 Å². The van der Waals surface area contributed by atoms with Crippen molar-refractivity contribution in [3.63, 3.8) is 0 Å². The molecule has 3 aromatic rings. The van der Waals surface area contributed by atoms with Gasteiger partial charge in [-0.05, 0) is 61.4 Å². The molecule has 1 saturated heterocycles. The van der Waals surface area contributed by atoms with E-state index in [9.17, 15) is 24.0 Å². The van der Waals surface area contributed by atoms with Crippen molar-refractivity contribution in [2.75, 3.05) is 13.2 Å². The van der Waals surface area contributed by atoms with Gasteiger partial charge in [0.15, 0.2) is 0 Å². The van der Waals surface area contributed by atoms with Gasteiger partial charge in [-0.2, -0.15) is 0 Å². The maximum Gasteiger partial charge on any atom is 0.408 e. The van der Waals surface area contributed by atoms with Gasteiger partial charge in [-0.1, -0.05) is 78.9 Å². The summed E-state index contributed by atoms with van der Waals surface area (Å²) in [7, 11) is 0. The molecule has 47 heavy (non-hydrogen) atoms. The number of hydrogen-bond acceptors (Lipinski definition) is 6. The number of amides is 5. The van der Waals surface area contributed by atoms with Crippen LogP contribution in [0.5, 0.6) is 0 Å². The van der Waals surface area contributed by atoms with Gasteiger partial charge in [0, 0.05) is 18.9 Å². The summed E-state index contributed by atoms with van der Waals surface area (Å²) in [5.41, 5.74) is 9.11. The summed E-state index contributed by atoms with van der Waals surface area (Å²) in [4.78, 5) is 66.6. The SMILES string of the molecule is C[C@H](NC(=O)[C@H](Cc1ccccc1)NC(=O)[C@@H]1CCCN1C(=O)C(C)(C)NC(=O)OCC1c2ccccc2-c2ccccc21)C(N)=O. The van der Waals surface area contributed by atoms with E-state index in [0.29, 0.717) is 19.4 Å². The van der Waals surface area contributed by atoms with Crippen molar-refractivity contribution in [3.8, 4) is 11.1 Å². The van der Waals surface area contributed by atoms with Crippen LogP contribution in [0.3, 0.4) is 0 Å². The summed E-state index contributed by atoms with van der Waals surface area (Å²) in [6, 6.07) is 22.4. The van der Waals surface area contributed by atoms with Crippen molar-refractivity contribution in [2.45, 2.75) is 69.6 Å². The van der Waals surface area contributed by atoms with Crippen molar-refractivity contribution in [1.82, 2.24) is 20.9 Å². The van der Waals surface area contributed by atoms with Crippen molar-refractivity contribution in [3.05, 3.63) is 95.6 Å². The van der Waals surface area contributed by atoms with Gasteiger partial charge in [-0.15, -0.1) is 0 Å². The number of nitrogens with two attached hydrogens (primary N) is 1. The van der Waals surface area contributed by atoms with Crippen LogP contribution in [0.2, 0.25) is 0 Å². The quantitative estimate of drug-likeness (QED) is 0.252. The Bertz CT molecular complexity index is 1610. The van der Waals surface area contributed by atoms with Crippen LogP contribution < -0.4 is 21.7 Å². The molecular weight excluding hydrogens is 598 g/mol. The van der Waals surface area contributed by atoms with Crippen molar-refractivity contribution in [1.29, 1.82) is 0 Å². The highest BCUT2D eigenvalue weighted by Crippen LogP contribution is 2.44. The number of nitrogens with one attached hydrogen (secondary N) is 3. The first-order valence-corrected chi connectivity index (χ1v) is 15.8. The van der Waals surface area contributed by atoms with Gasteiger partial charge in [0.2, 0.25) is 23.6 Å². The second-order valence-corrected chi connectivity index (χ2v) is 12.6. The van der Waals surface area contributed by atoms with Gasteiger partial charge >= 0.3 is 6.09 Å². The lowest BCUT2D eigenvalue weighted by atomic mass is 9.98. The van der Waals surface area contributed by atoms with Gasteiger partial charge < -0.3 is 31.3 Å². The van der Waals surface area contributed by atoms with Crippen molar-refractivity contribution in [2.24, 2.45) is 5.73 Å². The molecule has 0 bridgehead atoms. The third kappa shape index (κ3) is 7.45. The molecular formula is C36H41N5O6. The first-order valence-electron chi connectivity index (χ1n) is 15.8. The number of likely N-dealkylation sites (tertiary alicyclic amines) is 1. The highest BCUT2D eigenvalue weighted by Gasteiger charge is 2.42. The normalized spacial score (nSPS) is 16.7. The number of alkyl carbamates (subject to hydrolysis) is 1. The molecule has 5 amide bonds. The van der Waals surface area contributed by atoms with Crippen LogP contribution in [0, 0.1) is 0 Å². The Labute approximate surface area is 274 Å². The zero-order chi connectivity index (χ0) is 33.7. The van der Waals surface area contributed by atoms with E-state index < -0.39 is 53.4 Å². The lowest BCUT2D eigenvalue weighted by molar-refractivity contribution is -0.143. The van der Waals surface area contributed by atoms with Crippen LogP contribution in [-0.2, 0) is 30.3 Å². The molecule has 3 atom stereocenters. The summed E-state index contributed by atoms with van der Waals surface area (Å²) in [5, 5.41) is 8.03. The van der Waals surface area contributed by atoms with Crippen molar-refractivity contribution < 1.29 is 28.7 Å². The van der Waals surface area contributed by atoms with E-state index >= 15 is 0 Å². The third-order valence-corrected chi connectivity index (χ3v) is 8.81. The maximum absolute atomic E-state index is 13.8. The van der Waals surface area contributed by atoms with Crippen LogP contribution in [0.4, 0.5) is 4.79 Å². The largest absolute Gasteiger partial charge is 0.449 e. The number of benzene rings is 3. The zero-order valence-corrected chi connectivity index (χ0v) is 26.8. The first-order chi connectivity index (χ1) is 22.5. The molecule has 11 heteroatoms. The topological polar surface area (TPSA) is 160 Å². The molecule has 2 aliphatic rings. The van der Waals surface area contributed by atoms with Gasteiger partial charge in [0.05, 0.1) is 0 Å². The van der Waals surface area contributed by atoms with Crippen molar-refractivity contribution >= 4 is 29.7 Å². The van der Waals surface area contributed by atoms with Gasteiger partial charge in [0.1, 0.15) is 30.3 Å². The maximum atomic E-state index is 13.8. The smallest absolute Gasteiger partial charge is 0.408 e. The summed E-state index contributed by atoms with van der Waals surface area (Å²) in [6.45, 7) is 5.01. The molecule has 5 N–H and O–H groups in total. The lowest BCUT2D eigenvalue weighted by Gasteiger charge is -2.33. The number of rotatable bonds is 11. The molecule has 3 aromatic carbocycles. The average molecular weight is 640 g/mol. The Hall–Kier alpha value is -5.19. The van der Waals surface area contributed by atoms with Crippen LogP contribution in [0.1, 0.15) is 56.2 Å². The van der Waals surface area contributed by atoms with E-state index in [1.165, 1.54) is 11.8 Å². The molecule has 0 saturated carbocycles. The summed E-state index contributed by atoms with van der Waals surface area (Å²) in [5.74, 6) is -2.36. The van der Waals surface area contributed by atoms with Gasteiger partial charge in [0.25, 0.3) is 0 Å². The van der Waals surface area contributed by atoms with E-state index in [0.717, 1.165) is 27.8 Å². The molecule has 0 radical (unpaired) electrons. The fourth-order valence-corrected chi connectivity index (χ4v) is 6.30. The molecule has 0 aromatic heterocycles. The number of fused-ring (bicyclic) bond motifs is 3. The molecule has 11 nitrogen and oxygen atoms in total. The van der Waals surface area contributed by atoms with Crippen LogP contribution in [-0.4, -0.2) is 71.4 Å². The number of primary amides is 1. The molecule has 1 aliphatic carbocycles.